The molecule has 0 heterocycles. The molecule has 0 aromatic carbocycles. The van der Waals surface area contributed by atoms with E-state index >= 15 is 0 Å². The molecule has 0 aromatic rings. The Hall–Kier alpha value is 0.350. The first kappa shape index (κ1) is 0.792. The van der Waals surface area contributed by atoms with Gasteiger partial charge in [0, 0.05) is 17.8 Å². The molecule has 0 fully saturated rings. The molecule has 0 aliphatic heterocycles. The summed E-state index contributed by atoms with van der Waals surface area (Å²) in [6.45, 7) is -3.57. The summed E-state index contributed by atoms with van der Waals surface area (Å²) < 4.78 is 94.2. The summed E-state index contributed by atoms with van der Waals surface area (Å²) in [5.41, 5.74) is -3.16. The molecule has 0 aromatic heterocycles. The number of thiol groups is 1. The molecule has 0 radical (unpaired) electrons. The highest BCUT2D eigenvalue weighted by Gasteiger charge is 1.80. The van der Waals surface area contributed by atoms with Crippen LogP contribution in [0, 0.1) is 0 Å². The van der Waals surface area contributed by atoms with E-state index in [9.17, 15) is 0 Å². The van der Waals surface area contributed by atoms with Crippen LogP contribution in [-0.2, 0) is 0 Å². The van der Waals surface area contributed by atoms with Gasteiger partial charge in [0.2, 0.25) is 0 Å². The van der Waals surface area contributed by atoms with Crippen molar-refractivity contribution in [2.45, 2.75) is 32.3 Å². The van der Waals surface area contributed by atoms with Crippen LogP contribution in [0.1, 0.15) is 50.2 Å². The zero-order valence-electron chi connectivity index (χ0n) is 16.4. The molecule has 0 bridgehead atoms. The van der Waals surface area contributed by atoms with Gasteiger partial charge in [0.05, 0.1) is 0 Å². The van der Waals surface area contributed by atoms with Crippen molar-refractivity contribution in [1.29, 1.82) is 0 Å². The van der Waals surface area contributed by atoms with Gasteiger partial charge >= 0.3 is 0 Å². The molecule has 44 valence electrons. The summed E-state index contributed by atoms with van der Waals surface area (Å²) in [5.74, 6) is 0. The second-order valence-electron chi connectivity index (χ2n) is 0.612. The van der Waals surface area contributed by atoms with Gasteiger partial charge in [0.1, 0.15) is 0 Å². The lowest BCUT2D eigenvalue weighted by Gasteiger charge is -1.90. The summed E-state index contributed by atoms with van der Waals surface area (Å²) in [7, 11) is 0. The summed E-state index contributed by atoms with van der Waals surface area (Å²) in [6, 6.07) is 0. The highest BCUT2D eigenvalue weighted by atomic mass is 32.1. The first-order valence-electron chi connectivity index (χ1n) is 7.97. The van der Waals surface area contributed by atoms with Crippen LogP contribution < -0.4 is 0 Å². The summed E-state index contributed by atoms with van der Waals surface area (Å²) in [4.78, 5) is 0. The molecular weight excluding hydrogens is 104 g/mol. The Kier molecular flexibility index (Phi) is 0.718. The average molecular weight is 131 g/mol. The van der Waals surface area contributed by atoms with Crippen LogP contribution in [-0.4, -0.2) is 5.70 Å². The van der Waals surface area contributed by atoms with Crippen LogP contribution in [0.5, 0.6) is 0 Å². The van der Waals surface area contributed by atoms with Gasteiger partial charge in [-0.2, -0.15) is 12.6 Å². The fourth-order valence-electron chi connectivity index (χ4n) is 0.0905. The van der Waals surface area contributed by atoms with E-state index in [1.54, 1.807) is 0 Å². The lowest BCUT2D eigenvalue weighted by molar-refractivity contribution is 0.707. The normalized spacial score (nSPS) is 49.0. The largest absolute Gasteiger partial charge is 0.179 e. The molecular formula is C6H14S. The van der Waals surface area contributed by atoms with E-state index in [-0.39, 0.29) is 0 Å². The third-order valence-electron chi connectivity index (χ3n) is 0.243. The van der Waals surface area contributed by atoms with Crippen molar-refractivity contribution in [3.63, 3.8) is 0 Å². The minimum Gasteiger partial charge on any atom is -0.179 e. The van der Waals surface area contributed by atoms with Crippen molar-refractivity contribution in [2.24, 2.45) is 0 Å². The summed E-state index contributed by atoms with van der Waals surface area (Å²) in [5, 5.41) is 0. The molecule has 1 heteroatoms. The molecule has 0 unspecified atom stereocenters. The predicted molar refractivity (Wildman–Crippen MR) is 38.0 cm³/mol. The van der Waals surface area contributed by atoms with Gasteiger partial charge in [-0.15, -0.1) is 0 Å². The van der Waals surface area contributed by atoms with Crippen molar-refractivity contribution in [1.82, 2.24) is 0 Å². The minimum absolute atomic E-state index is 3.16. The standard InChI is InChI=1S/C6H14S/c1-2-3-4-5-6-7/h7H,2-6H2,1H3/i1D3,2D2,3D2,4D2,5D2,6D2. The van der Waals surface area contributed by atoms with Gasteiger partial charge in [-0.25, -0.2) is 0 Å². The van der Waals surface area contributed by atoms with Crippen LogP contribution in [0.2, 0.25) is 0 Å². The first-order chi connectivity index (χ1) is 8.25. The Morgan fingerprint density at radius 2 is 2.43 bits per heavy atom. The summed E-state index contributed by atoms with van der Waals surface area (Å²) >= 11 is 3.22. The van der Waals surface area contributed by atoms with E-state index in [0.717, 1.165) is 0 Å². The molecule has 0 aliphatic carbocycles. The second-order valence-corrected chi connectivity index (χ2v) is 0.835. The van der Waals surface area contributed by atoms with E-state index in [4.69, 9.17) is 17.8 Å². The van der Waals surface area contributed by atoms with E-state index < -0.39 is 38.0 Å². The Balaban J connectivity index is 6.08. The molecule has 0 nitrogen and oxygen atoms in total. The van der Waals surface area contributed by atoms with Crippen LogP contribution in [0.15, 0.2) is 0 Å². The zero-order valence-corrected chi connectivity index (χ0v) is 4.34. The summed E-state index contributed by atoms with van der Waals surface area (Å²) in [6.07, 6.45) is -15.0. The zero-order chi connectivity index (χ0) is 17.0. The number of hydrogen-bond acceptors (Lipinski definition) is 1. The third-order valence-corrected chi connectivity index (χ3v) is 0.355. The van der Waals surface area contributed by atoms with Crippen molar-refractivity contribution in [2.75, 3.05) is 5.70 Å². The monoisotopic (exact) mass is 131 g/mol. The van der Waals surface area contributed by atoms with E-state index in [0.29, 0.717) is 0 Å². The lowest BCUT2D eigenvalue weighted by Crippen LogP contribution is -1.74. The highest BCUT2D eigenvalue weighted by Crippen LogP contribution is 1.98. The van der Waals surface area contributed by atoms with Crippen molar-refractivity contribution < 1.29 is 17.8 Å². The van der Waals surface area contributed by atoms with Gasteiger partial charge in [0.15, 0.2) is 0 Å². The Morgan fingerprint density at radius 1 is 1.57 bits per heavy atom. The van der Waals surface area contributed by atoms with Gasteiger partial charge in [-0.1, -0.05) is 26.0 Å². The topological polar surface area (TPSA) is 0 Å². The van der Waals surface area contributed by atoms with E-state index in [1.165, 1.54) is 0 Å². The quantitative estimate of drug-likeness (QED) is 0.557. The molecule has 7 heavy (non-hydrogen) atoms. The minimum atomic E-state index is -3.84. The van der Waals surface area contributed by atoms with E-state index in [2.05, 4.69) is 12.6 Å². The smallest absolute Gasteiger partial charge is 0.0378 e. The second kappa shape index (κ2) is 6.35. The predicted octanol–water partition coefficient (Wildman–Crippen LogP) is 2.50. The van der Waals surface area contributed by atoms with Crippen molar-refractivity contribution in [3.05, 3.63) is 0 Å². The van der Waals surface area contributed by atoms with Gasteiger partial charge in [-0.05, 0) is 12.1 Å². The maximum absolute atomic E-state index is 7.46. The van der Waals surface area contributed by atoms with E-state index in [1.807, 2.05) is 0 Å². The van der Waals surface area contributed by atoms with Crippen LogP contribution in [0.4, 0.5) is 0 Å². The molecule has 0 N–H and O–H groups in total. The van der Waals surface area contributed by atoms with Crippen LogP contribution in [0.3, 0.4) is 0 Å². The molecule has 0 saturated heterocycles. The molecule has 0 spiro atoms. The molecule has 0 aliphatic rings. The Labute approximate surface area is 70.0 Å². The van der Waals surface area contributed by atoms with Gasteiger partial charge in [0.25, 0.3) is 0 Å². The molecule has 0 rings (SSSR count). The first-order valence-corrected chi connectivity index (χ1v) is 1.92. The van der Waals surface area contributed by atoms with Crippen molar-refractivity contribution >= 4 is 12.6 Å². The van der Waals surface area contributed by atoms with Crippen LogP contribution >= 0.6 is 12.6 Å². The fraction of sp³-hybridized carbons (Fsp3) is 1.00. The molecule has 0 atom stereocenters. The van der Waals surface area contributed by atoms with Gasteiger partial charge < -0.3 is 0 Å². The number of hydrogen-bond donors (Lipinski definition) is 1. The van der Waals surface area contributed by atoms with Gasteiger partial charge in [-0.3, -0.25) is 0 Å². The average Bonchev–Trinajstić information content (AvgIpc) is 2.12. The SMILES string of the molecule is [2H]C([2H])([2H])C([2H])([2H])C([2H])([2H])C([2H])([2H])C([2H])([2H])C([2H])([2H])S. The molecule has 0 amide bonds. The fourth-order valence-corrected chi connectivity index (χ4v) is 0.146. The maximum atomic E-state index is 7.46. The lowest BCUT2D eigenvalue weighted by atomic mass is 10.2. The Bertz CT molecular complexity index is 324. The van der Waals surface area contributed by atoms with Crippen LogP contribution in [0.25, 0.3) is 0 Å². The maximum Gasteiger partial charge on any atom is 0.0378 e. The number of rotatable bonds is 4. The third kappa shape index (κ3) is 6.35. The highest BCUT2D eigenvalue weighted by molar-refractivity contribution is 7.80. The Morgan fingerprint density at radius 3 is 3.00 bits per heavy atom. The molecule has 0 saturated carbocycles. The van der Waals surface area contributed by atoms with Crippen molar-refractivity contribution in [3.8, 4) is 0 Å².